The Morgan fingerprint density at radius 2 is 2.32 bits per heavy atom. The molecule has 1 aliphatic rings. The van der Waals surface area contributed by atoms with Gasteiger partial charge in [0, 0.05) is 24.3 Å². The van der Waals surface area contributed by atoms with Gasteiger partial charge in [-0.3, -0.25) is 0 Å². The van der Waals surface area contributed by atoms with Gasteiger partial charge < -0.3 is 15.0 Å². The highest BCUT2D eigenvalue weighted by molar-refractivity contribution is 5.24. The Balaban J connectivity index is 1.84. The highest BCUT2D eigenvalue weighted by Crippen LogP contribution is 2.18. The third kappa shape index (κ3) is 4.18. The van der Waals surface area contributed by atoms with Crippen LogP contribution in [-0.4, -0.2) is 43.2 Å². The van der Waals surface area contributed by atoms with Gasteiger partial charge in [0.25, 0.3) is 0 Å². The predicted molar refractivity (Wildman–Crippen MR) is 77.5 cm³/mol. The van der Waals surface area contributed by atoms with Crippen LogP contribution in [0.1, 0.15) is 30.5 Å². The second kappa shape index (κ2) is 6.87. The predicted octanol–water partition coefficient (Wildman–Crippen LogP) is 1.97. The summed E-state index contributed by atoms with van der Waals surface area (Å²) in [5.74, 6) is 0.755. The molecule has 0 amide bonds. The molecule has 2 heterocycles. The topological polar surface area (TPSA) is 37.4 Å². The molecule has 0 aromatic carbocycles. The maximum Gasteiger partial charge on any atom is 0.213 e. The molecule has 1 atom stereocenters. The fourth-order valence-corrected chi connectivity index (χ4v) is 2.73. The van der Waals surface area contributed by atoms with Crippen LogP contribution < -0.4 is 10.1 Å². The van der Waals surface area contributed by atoms with Crippen molar-refractivity contribution >= 4 is 0 Å². The minimum absolute atomic E-state index is 0.682. The summed E-state index contributed by atoms with van der Waals surface area (Å²) < 4.78 is 5.82. The van der Waals surface area contributed by atoms with E-state index in [1.54, 1.807) is 0 Å². The second-order valence-corrected chi connectivity index (χ2v) is 5.40. The lowest BCUT2D eigenvalue weighted by atomic mass is 10.1. The van der Waals surface area contributed by atoms with Crippen molar-refractivity contribution in [3.8, 4) is 5.88 Å². The van der Waals surface area contributed by atoms with Gasteiger partial charge in [-0.2, -0.15) is 0 Å². The lowest BCUT2D eigenvalue weighted by Gasteiger charge is -2.19. The lowest BCUT2D eigenvalue weighted by Crippen LogP contribution is -2.26. The molecule has 1 aromatic rings. The number of hydrogen-bond donors (Lipinski definition) is 1. The average Bonchev–Trinajstić information content (AvgIpc) is 2.75. The van der Waals surface area contributed by atoms with Crippen molar-refractivity contribution < 1.29 is 4.74 Å². The van der Waals surface area contributed by atoms with E-state index >= 15 is 0 Å². The highest BCUT2D eigenvalue weighted by atomic mass is 16.5. The SMILES string of the molecule is CNCc1cc(C)nc(OCCC2CCCN2C)c1. The monoisotopic (exact) mass is 263 g/mol. The first kappa shape index (κ1) is 14.3. The molecule has 4 heteroatoms. The molecule has 0 spiro atoms. The summed E-state index contributed by atoms with van der Waals surface area (Å²) >= 11 is 0. The number of aromatic nitrogens is 1. The van der Waals surface area contributed by atoms with Crippen LogP contribution in [0.3, 0.4) is 0 Å². The summed E-state index contributed by atoms with van der Waals surface area (Å²) in [7, 11) is 4.15. The number of nitrogens with zero attached hydrogens (tertiary/aromatic N) is 2. The van der Waals surface area contributed by atoms with E-state index in [1.807, 2.05) is 20.0 Å². The van der Waals surface area contributed by atoms with Crippen LogP contribution in [0.4, 0.5) is 0 Å². The number of aryl methyl sites for hydroxylation is 1. The van der Waals surface area contributed by atoms with E-state index in [1.165, 1.54) is 24.9 Å². The van der Waals surface area contributed by atoms with Crippen molar-refractivity contribution in [1.82, 2.24) is 15.2 Å². The minimum Gasteiger partial charge on any atom is -0.478 e. The van der Waals surface area contributed by atoms with Gasteiger partial charge in [0.1, 0.15) is 0 Å². The molecule has 1 unspecified atom stereocenters. The van der Waals surface area contributed by atoms with Crippen molar-refractivity contribution in [2.75, 3.05) is 27.2 Å². The summed E-state index contributed by atoms with van der Waals surface area (Å²) in [6.07, 6.45) is 3.70. The van der Waals surface area contributed by atoms with Gasteiger partial charge in [-0.25, -0.2) is 4.98 Å². The molecular weight excluding hydrogens is 238 g/mol. The smallest absolute Gasteiger partial charge is 0.213 e. The number of pyridine rings is 1. The Hall–Kier alpha value is -1.13. The average molecular weight is 263 g/mol. The molecule has 106 valence electrons. The summed E-state index contributed by atoms with van der Waals surface area (Å²) in [4.78, 5) is 6.87. The molecule has 1 saturated heterocycles. The first-order valence-electron chi connectivity index (χ1n) is 7.14. The lowest BCUT2D eigenvalue weighted by molar-refractivity contribution is 0.228. The van der Waals surface area contributed by atoms with E-state index in [4.69, 9.17) is 4.74 Å². The Morgan fingerprint density at radius 3 is 3.00 bits per heavy atom. The zero-order valence-electron chi connectivity index (χ0n) is 12.3. The number of likely N-dealkylation sites (tertiary alicyclic amines) is 1. The zero-order valence-corrected chi connectivity index (χ0v) is 12.3. The van der Waals surface area contributed by atoms with Crippen LogP contribution in [-0.2, 0) is 6.54 Å². The summed E-state index contributed by atoms with van der Waals surface area (Å²) in [6.45, 7) is 4.84. The molecule has 1 fully saturated rings. The zero-order chi connectivity index (χ0) is 13.7. The summed E-state index contributed by atoms with van der Waals surface area (Å²) in [6, 6.07) is 4.80. The van der Waals surface area contributed by atoms with Crippen molar-refractivity contribution in [3.05, 3.63) is 23.4 Å². The van der Waals surface area contributed by atoms with E-state index in [-0.39, 0.29) is 0 Å². The van der Waals surface area contributed by atoms with Crippen LogP contribution in [0, 0.1) is 6.92 Å². The molecule has 2 rings (SSSR count). The van der Waals surface area contributed by atoms with Crippen molar-refractivity contribution in [3.63, 3.8) is 0 Å². The maximum atomic E-state index is 5.82. The van der Waals surface area contributed by atoms with Gasteiger partial charge in [-0.1, -0.05) is 0 Å². The molecule has 0 bridgehead atoms. The van der Waals surface area contributed by atoms with E-state index in [9.17, 15) is 0 Å². The van der Waals surface area contributed by atoms with Crippen LogP contribution >= 0.6 is 0 Å². The fourth-order valence-electron chi connectivity index (χ4n) is 2.73. The minimum atomic E-state index is 0.682. The van der Waals surface area contributed by atoms with Crippen molar-refractivity contribution in [2.24, 2.45) is 0 Å². The van der Waals surface area contributed by atoms with Gasteiger partial charge in [-0.05, 0) is 58.5 Å². The van der Waals surface area contributed by atoms with Gasteiger partial charge in [-0.15, -0.1) is 0 Å². The van der Waals surface area contributed by atoms with E-state index in [0.717, 1.165) is 31.1 Å². The van der Waals surface area contributed by atoms with Crippen LogP contribution in [0.15, 0.2) is 12.1 Å². The molecule has 0 aliphatic carbocycles. The first-order chi connectivity index (χ1) is 9.19. The number of rotatable bonds is 6. The van der Waals surface area contributed by atoms with Gasteiger partial charge in [0.05, 0.1) is 6.61 Å². The molecule has 0 saturated carbocycles. The van der Waals surface area contributed by atoms with Gasteiger partial charge >= 0.3 is 0 Å². The number of nitrogens with one attached hydrogen (secondary N) is 1. The number of hydrogen-bond acceptors (Lipinski definition) is 4. The molecule has 1 aliphatic heterocycles. The quantitative estimate of drug-likeness (QED) is 0.851. The van der Waals surface area contributed by atoms with E-state index in [0.29, 0.717) is 6.04 Å². The Labute approximate surface area is 116 Å². The number of ether oxygens (including phenoxy) is 1. The molecular formula is C15H25N3O. The molecule has 0 radical (unpaired) electrons. The summed E-state index contributed by atoms with van der Waals surface area (Å²) in [5, 5.41) is 3.16. The fraction of sp³-hybridized carbons (Fsp3) is 0.667. The normalized spacial score (nSPS) is 19.8. The van der Waals surface area contributed by atoms with Crippen LogP contribution in [0.25, 0.3) is 0 Å². The molecule has 4 nitrogen and oxygen atoms in total. The Bertz CT molecular complexity index is 408. The molecule has 1 N–H and O–H groups in total. The van der Waals surface area contributed by atoms with E-state index < -0.39 is 0 Å². The third-order valence-electron chi connectivity index (χ3n) is 3.74. The van der Waals surface area contributed by atoms with Crippen LogP contribution in [0.5, 0.6) is 5.88 Å². The first-order valence-corrected chi connectivity index (χ1v) is 7.14. The van der Waals surface area contributed by atoms with Crippen molar-refractivity contribution in [2.45, 2.75) is 38.8 Å². The van der Waals surface area contributed by atoms with Crippen LogP contribution in [0.2, 0.25) is 0 Å². The second-order valence-electron chi connectivity index (χ2n) is 5.40. The maximum absolute atomic E-state index is 5.82. The Morgan fingerprint density at radius 1 is 1.47 bits per heavy atom. The standard InChI is InChI=1S/C15H25N3O/c1-12-9-13(11-16-2)10-15(17-12)19-8-6-14-5-4-7-18(14)3/h9-10,14,16H,4-8,11H2,1-3H3. The van der Waals surface area contributed by atoms with Crippen molar-refractivity contribution in [1.29, 1.82) is 0 Å². The molecule has 19 heavy (non-hydrogen) atoms. The summed E-state index contributed by atoms with van der Waals surface area (Å²) in [5.41, 5.74) is 2.24. The van der Waals surface area contributed by atoms with Gasteiger partial charge in [0.2, 0.25) is 5.88 Å². The van der Waals surface area contributed by atoms with Gasteiger partial charge in [0.15, 0.2) is 0 Å². The largest absolute Gasteiger partial charge is 0.478 e. The van der Waals surface area contributed by atoms with E-state index in [2.05, 4.69) is 28.3 Å². The third-order valence-corrected chi connectivity index (χ3v) is 3.74. The Kier molecular flexibility index (Phi) is 5.16. The highest BCUT2D eigenvalue weighted by Gasteiger charge is 2.20. The molecule has 1 aromatic heterocycles.